The largest absolute Gasteiger partial charge is 0.416 e. The van der Waals surface area contributed by atoms with Crippen LogP contribution in [-0.2, 0) is 28.5 Å². The minimum atomic E-state index is -4.69. The number of fused-ring (bicyclic) bond motifs is 2. The van der Waals surface area contributed by atoms with Crippen LogP contribution in [0.15, 0.2) is 48.8 Å². The molecular formula is C26H19F6N5O2S. The second-order valence-corrected chi connectivity index (χ2v) is 10.2. The standard InChI is InChI=1S/C26H19F6N5O2S/c27-25(28,29)12-2-4-18-14(8-12)16(10-35-18)20-21(23(39)36-22(20)38)17-11-37(6-1-7-40-24(33)34)19-5-3-13(9-15(17)19)26(30,31)32/h2-5,8-11,35H,1,6-7H2,(H3,33,34)(H,36,38,39). The molecule has 0 bridgehead atoms. The van der Waals surface area contributed by atoms with E-state index in [4.69, 9.17) is 11.1 Å². The number of imide groups is 1. The molecule has 7 nitrogen and oxygen atoms in total. The van der Waals surface area contributed by atoms with Crippen molar-refractivity contribution in [3.05, 3.63) is 71.0 Å². The molecule has 1 aliphatic heterocycles. The van der Waals surface area contributed by atoms with Gasteiger partial charge in [0.2, 0.25) is 0 Å². The number of amidine groups is 1. The average molecular weight is 580 g/mol. The van der Waals surface area contributed by atoms with Gasteiger partial charge in [0.25, 0.3) is 11.8 Å². The van der Waals surface area contributed by atoms with Gasteiger partial charge in [0, 0.05) is 57.6 Å². The van der Waals surface area contributed by atoms with Gasteiger partial charge in [-0.25, -0.2) is 0 Å². The van der Waals surface area contributed by atoms with E-state index in [2.05, 4.69) is 10.3 Å². The molecule has 5 rings (SSSR count). The minimum Gasteiger partial charge on any atom is -0.379 e. The van der Waals surface area contributed by atoms with Gasteiger partial charge in [0.1, 0.15) is 0 Å². The second kappa shape index (κ2) is 9.77. The van der Waals surface area contributed by atoms with Crippen LogP contribution in [0, 0.1) is 5.41 Å². The quantitative estimate of drug-likeness (QED) is 0.0766. The Kier molecular flexibility index (Phi) is 6.68. The molecule has 0 unspecified atom stereocenters. The molecule has 0 saturated heterocycles. The Morgan fingerprint density at radius 3 is 2.12 bits per heavy atom. The number of hydrogen-bond acceptors (Lipinski definition) is 4. The van der Waals surface area contributed by atoms with E-state index in [1.807, 2.05) is 0 Å². The number of hydrogen-bond donors (Lipinski definition) is 4. The van der Waals surface area contributed by atoms with Gasteiger partial charge >= 0.3 is 12.4 Å². The molecule has 40 heavy (non-hydrogen) atoms. The van der Waals surface area contributed by atoms with Crippen molar-refractivity contribution in [2.75, 3.05) is 5.75 Å². The van der Waals surface area contributed by atoms with E-state index in [-0.39, 0.29) is 43.7 Å². The zero-order valence-electron chi connectivity index (χ0n) is 20.3. The lowest BCUT2D eigenvalue weighted by Gasteiger charge is -2.09. The van der Waals surface area contributed by atoms with E-state index < -0.39 is 35.3 Å². The highest BCUT2D eigenvalue weighted by Gasteiger charge is 2.37. The van der Waals surface area contributed by atoms with Gasteiger partial charge < -0.3 is 15.3 Å². The number of amides is 2. The number of aromatic amines is 1. The summed E-state index contributed by atoms with van der Waals surface area (Å²) < 4.78 is 82.8. The number of halogens is 6. The summed E-state index contributed by atoms with van der Waals surface area (Å²) in [6, 6.07) is 5.95. The van der Waals surface area contributed by atoms with Crippen LogP contribution in [0.1, 0.15) is 28.7 Å². The maximum atomic E-state index is 13.6. The fourth-order valence-electron chi connectivity index (χ4n) is 4.75. The Balaban J connectivity index is 1.73. The maximum Gasteiger partial charge on any atom is 0.416 e. The molecule has 3 heterocycles. The number of carbonyl (C=O) groups is 2. The molecule has 0 aliphatic carbocycles. The van der Waals surface area contributed by atoms with E-state index in [9.17, 15) is 35.9 Å². The predicted molar refractivity (Wildman–Crippen MR) is 139 cm³/mol. The minimum absolute atomic E-state index is 0.00480. The molecule has 2 aromatic heterocycles. The molecule has 2 amide bonds. The number of thioether (sulfide) groups is 1. The van der Waals surface area contributed by atoms with Gasteiger partial charge in [-0.15, -0.1) is 0 Å². The third-order valence-corrected chi connectivity index (χ3v) is 7.29. The van der Waals surface area contributed by atoms with Crippen LogP contribution in [0.4, 0.5) is 26.3 Å². The Labute approximate surface area is 225 Å². The summed E-state index contributed by atoms with van der Waals surface area (Å²) >= 11 is 1.09. The number of H-pyrrole nitrogens is 1. The number of benzene rings is 2. The molecule has 0 atom stereocenters. The van der Waals surface area contributed by atoms with Crippen molar-refractivity contribution in [1.82, 2.24) is 14.9 Å². The zero-order chi connectivity index (χ0) is 29.0. The van der Waals surface area contributed by atoms with Crippen LogP contribution >= 0.6 is 11.8 Å². The zero-order valence-corrected chi connectivity index (χ0v) is 21.1. The summed E-state index contributed by atoms with van der Waals surface area (Å²) in [4.78, 5) is 28.8. The van der Waals surface area contributed by atoms with E-state index in [1.165, 1.54) is 24.5 Å². The molecule has 0 fully saturated rings. The Hall–Kier alpha value is -4.20. The highest BCUT2D eigenvalue weighted by atomic mass is 32.2. The predicted octanol–water partition coefficient (Wildman–Crippen LogP) is 5.74. The fourth-order valence-corrected chi connectivity index (χ4v) is 5.24. The third kappa shape index (κ3) is 4.94. The van der Waals surface area contributed by atoms with E-state index in [0.29, 0.717) is 24.2 Å². The molecule has 208 valence electrons. The monoisotopic (exact) mass is 579 g/mol. The number of nitrogens with one attached hydrogen (secondary N) is 3. The van der Waals surface area contributed by atoms with Gasteiger partial charge in [0.15, 0.2) is 5.17 Å². The number of carbonyl (C=O) groups excluding carboxylic acids is 2. The van der Waals surface area contributed by atoms with Crippen LogP contribution in [0.2, 0.25) is 0 Å². The number of aromatic nitrogens is 2. The smallest absolute Gasteiger partial charge is 0.379 e. The van der Waals surface area contributed by atoms with Crippen molar-refractivity contribution < 1.29 is 35.9 Å². The number of nitrogens with two attached hydrogens (primary N) is 1. The van der Waals surface area contributed by atoms with Crippen molar-refractivity contribution in [3.8, 4) is 0 Å². The highest BCUT2D eigenvalue weighted by Crippen LogP contribution is 2.41. The van der Waals surface area contributed by atoms with Crippen molar-refractivity contribution in [3.63, 3.8) is 0 Å². The van der Waals surface area contributed by atoms with Gasteiger partial charge in [-0.1, -0.05) is 11.8 Å². The lowest BCUT2D eigenvalue weighted by molar-refractivity contribution is -0.138. The van der Waals surface area contributed by atoms with E-state index in [0.717, 1.165) is 36.0 Å². The first-order valence-corrected chi connectivity index (χ1v) is 12.7. The maximum absolute atomic E-state index is 13.6. The summed E-state index contributed by atoms with van der Waals surface area (Å²) in [5.74, 6) is -1.32. The lowest BCUT2D eigenvalue weighted by Crippen LogP contribution is -2.22. The van der Waals surface area contributed by atoms with Crippen LogP contribution in [-0.4, -0.2) is 32.3 Å². The molecule has 14 heteroatoms. The SMILES string of the molecule is N=C(N)SCCCn1cc(C2=C(c3c[nH]c4ccc(C(F)(F)F)cc34)C(=O)NC2=O)c2cc(C(F)(F)F)ccc21. The van der Waals surface area contributed by atoms with Gasteiger partial charge in [-0.2, -0.15) is 26.3 Å². The highest BCUT2D eigenvalue weighted by molar-refractivity contribution is 8.13. The molecule has 0 radical (unpaired) electrons. The molecule has 0 saturated carbocycles. The summed E-state index contributed by atoms with van der Waals surface area (Å²) in [5.41, 5.74) is 3.57. The first-order chi connectivity index (χ1) is 18.8. The molecule has 1 aliphatic rings. The molecule has 2 aromatic carbocycles. The van der Waals surface area contributed by atoms with E-state index >= 15 is 0 Å². The van der Waals surface area contributed by atoms with Crippen LogP contribution in [0.5, 0.6) is 0 Å². The van der Waals surface area contributed by atoms with Crippen molar-refractivity contribution in [1.29, 1.82) is 5.41 Å². The number of alkyl halides is 6. The van der Waals surface area contributed by atoms with Crippen LogP contribution in [0.25, 0.3) is 33.0 Å². The third-order valence-electron chi connectivity index (χ3n) is 6.49. The molecular weight excluding hydrogens is 560 g/mol. The molecule has 5 N–H and O–H groups in total. The summed E-state index contributed by atoms with van der Waals surface area (Å²) in [6.45, 7) is 0.294. The lowest BCUT2D eigenvalue weighted by atomic mass is 9.94. The van der Waals surface area contributed by atoms with E-state index in [1.54, 1.807) is 4.57 Å². The number of nitrogens with zero attached hydrogens (tertiary/aromatic N) is 1. The second-order valence-electron chi connectivity index (χ2n) is 9.03. The first kappa shape index (κ1) is 27.4. The molecule has 4 aromatic rings. The van der Waals surface area contributed by atoms with Crippen molar-refractivity contribution >= 4 is 61.7 Å². The summed E-state index contributed by atoms with van der Waals surface area (Å²) in [6.07, 6.45) is -6.14. The Morgan fingerprint density at radius 1 is 0.900 bits per heavy atom. The number of aryl methyl sites for hydroxylation is 1. The van der Waals surface area contributed by atoms with Crippen molar-refractivity contribution in [2.24, 2.45) is 5.73 Å². The Bertz CT molecular complexity index is 1730. The van der Waals surface area contributed by atoms with Gasteiger partial charge in [-0.05, 0) is 42.8 Å². The topological polar surface area (TPSA) is 117 Å². The van der Waals surface area contributed by atoms with Crippen molar-refractivity contribution in [2.45, 2.75) is 25.3 Å². The Morgan fingerprint density at radius 2 is 1.50 bits per heavy atom. The first-order valence-electron chi connectivity index (χ1n) is 11.7. The summed E-state index contributed by atoms with van der Waals surface area (Å²) in [7, 11) is 0. The molecule has 0 spiro atoms. The van der Waals surface area contributed by atoms with Gasteiger partial charge in [0.05, 0.1) is 22.3 Å². The average Bonchev–Trinajstić information content (AvgIpc) is 3.52. The fraction of sp³-hybridized carbons (Fsp3) is 0.192. The van der Waals surface area contributed by atoms with Crippen LogP contribution < -0.4 is 11.1 Å². The van der Waals surface area contributed by atoms with Crippen LogP contribution in [0.3, 0.4) is 0 Å². The number of rotatable bonds is 6. The van der Waals surface area contributed by atoms with Gasteiger partial charge in [-0.3, -0.25) is 20.3 Å². The normalized spacial score (nSPS) is 14.6. The summed E-state index contributed by atoms with van der Waals surface area (Å²) in [5, 5.41) is 9.44.